The van der Waals surface area contributed by atoms with Gasteiger partial charge in [-0.3, -0.25) is 0 Å². The number of benzene rings is 1. The van der Waals surface area contributed by atoms with Gasteiger partial charge in [-0.2, -0.15) is 4.99 Å². The lowest BCUT2D eigenvalue weighted by Crippen LogP contribution is -1.88. The van der Waals surface area contributed by atoms with Crippen LogP contribution in [0.15, 0.2) is 29.3 Å². The van der Waals surface area contributed by atoms with Crippen LogP contribution in [0.1, 0.15) is 18.6 Å². The molecule has 0 saturated heterocycles. The molecule has 1 atom stereocenters. The fraction of sp³-hybridized carbons (Fsp3) is 0.222. The van der Waals surface area contributed by atoms with Gasteiger partial charge in [0.25, 0.3) is 0 Å². The van der Waals surface area contributed by atoms with Gasteiger partial charge in [0.1, 0.15) is 0 Å². The largest absolute Gasteiger partial charge is 0.389 e. The average Bonchev–Trinajstić information content (AvgIpc) is 2.05. The summed E-state index contributed by atoms with van der Waals surface area (Å²) in [4.78, 5) is 3.80. The van der Waals surface area contributed by atoms with Crippen LogP contribution in [0.5, 0.6) is 0 Å². The Morgan fingerprint density at radius 1 is 1.58 bits per heavy atom. The molecular weight excluding hydrogens is 170 g/mol. The van der Waals surface area contributed by atoms with Gasteiger partial charge in [-0.1, -0.05) is 12.1 Å². The number of aliphatic hydroxyl groups excluding tert-OH is 1. The molecule has 0 radical (unpaired) electrons. The van der Waals surface area contributed by atoms with Gasteiger partial charge in [-0.15, -0.1) is 0 Å². The van der Waals surface area contributed by atoms with Crippen molar-refractivity contribution >= 4 is 23.1 Å². The SMILES string of the molecule is CC(O)c1cccc(N=C=S)c1. The van der Waals surface area contributed by atoms with Gasteiger partial charge in [-0.05, 0) is 36.8 Å². The summed E-state index contributed by atoms with van der Waals surface area (Å²) >= 11 is 4.46. The number of thiocarbonyl (C=S) groups is 1. The first-order valence-corrected chi connectivity index (χ1v) is 4.01. The molecule has 62 valence electrons. The first-order chi connectivity index (χ1) is 5.74. The number of hydrogen-bond donors (Lipinski definition) is 1. The van der Waals surface area contributed by atoms with Crippen molar-refractivity contribution in [1.29, 1.82) is 0 Å². The van der Waals surface area contributed by atoms with Crippen molar-refractivity contribution in [2.75, 3.05) is 0 Å². The Balaban J connectivity index is 3.03. The smallest absolute Gasteiger partial charge is 0.0762 e. The van der Waals surface area contributed by atoms with Gasteiger partial charge < -0.3 is 5.11 Å². The van der Waals surface area contributed by atoms with Crippen molar-refractivity contribution in [1.82, 2.24) is 0 Å². The van der Waals surface area contributed by atoms with Crippen molar-refractivity contribution in [3.8, 4) is 0 Å². The number of isothiocyanates is 1. The van der Waals surface area contributed by atoms with Crippen LogP contribution >= 0.6 is 12.2 Å². The zero-order valence-corrected chi connectivity index (χ0v) is 7.51. The Morgan fingerprint density at radius 2 is 2.33 bits per heavy atom. The molecule has 1 unspecified atom stereocenters. The highest BCUT2D eigenvalue weighted by atomic mass is 32.1. The van der Waals surface area contributed by atoms with Crippen LogP contribution in [-0.2, 0) is 0 Å². The first-order valence-electron chi connectivity index (χ1n) is 3.60. The fourth-order valence-electron chi connectivity index (χ4n) is 0.907. The normalized spacial score (nSPS) is 11.8. The zero-order valence-electron chi connectivity index (χ0n) is 6.69. The summed E-state index contributed by atoms with van der Waals surface area (Å²) in [6.07, 6.45) is -0.467. The molecule has 12 heavy (non-hydrogen) atoms. The van der Waals surface area contributed by atoms with Crippen molar-refractivity contribution in [2.45, 2.75) is 13.0 Å². The molecule has 0 aliphatic carbocycles. The third kappa shape index (κ3) is 2.24. The molecule has 2 nitrogen and oxygen atoms in total. The predicted octanol–water partition coefficient (Wildman–Crippen LogP) is 2.47. The molecule has 0 aliphatic rings. The van der Waals surface area contributed by atoms with E-state index in [1.165, 1.54) is 0 Å². The summed E-state index contributed by atoms with van der Waals surface area (Å²) in [5.41, 5.74) is 1.56. The van der Waals surface area contributed by atoms with Gasteiger partial charge in [0.15, 0.2) is 0 Å². The molecule has 0 spiro atoms. The highest BCUT2D eigenvalue weighted by Crippen LogP contribution is 2.18. The molecule has 0 saturated carbocycles. The minimum Gasteiger partial charge on any atom is -0.389 e. The summed E-state index contributed by atoms with van der Waals surface area (Å²) in [6, 6.07) is 7.26. The quantitative estimate of drug-likeness (QED) is 0.558. The standard InChI is InChI=1S/C9H9NOS/c1-7(11)8-3-2-4-9(5-8)10-6-12/h2-5,7,11H,1H3. The minimum atomic E-state index is -0.467. The molecule has 0 heterocycles. The van der Waals surface area contributed by atoms with Crippen LogP contribution in [0.4, 0.5) is 5.69 Å². The van der Waals surface area contributed by atoms with E-state index in [0.29, 0.717) is 0 Å². The van der Waals surface area contributed by atoms with Crippen LogP contribution in [0.25, 0.3) is 0 Å². The molecular formula is C9H9NOS. The van der Waals surface area contributed by atoms with Crippen LogP contribution < -0.4 is 0 Å². The number of aliphatic imine (C=N–C) groups is 1. The summed E-state index contributed by atoms with van der Waals surface area (Å²) in [5.74, 6) is 0. The molecule has 1 rings (SSSR count). The monoisotopic (exact) mass is 179 g/mol. The van der Waals surface area contributed by atoms with Crippen LogP contribution in [0.3, 0.4) is 0 Å². The van der Waals surface area contributed by atoms with Gasteiger partial charge in [0, 0.05) is 0 Å². The lowest BCUT2D eigenvalue weighted by Gasteiger charge is -2.03. The van der Waals surface area contributed by atoms with E-state index in [-0.39, 0.29) is 0 Å². The maximum Gasteiger partial charge on any atom is 0.0762 e. The Morgan fingerprint density at radius 3 is 2.92 bits per heavy atom. The van der Waals surface area contributed by atoms with Gasteiger partial charge in [0.2, 0.25) is 0 Å². The summed E-state index contributed by atoms with van der Waals surface area (Å²) in [5, 5.41) is 11.5. The highest BCUT2D eigenvalue weighted by Gasteiger charge is 1.99. The van der Waals surface area contributed by atoms with Gasteiger partial charge in [-0.25, -0.2) is 0 Å². The summed E-state index contributed by atoms with van der Waals surface area (Å²) in [7, 11) is 0. The predicted molar refractivity (Wildman–Crippen MR) is 51.8 cm³/mol. The lowest BCUT2D eigenvalue weighted by molar-refractivity contribution is 0.199. The molecule has 1 aromatic carbocycles. The number of hydrogen-bond acceptors (Lipinski definition) is 3. The zero-order chi connectivity index (χ0) is 8.97. The minimum absolute atomic E-state index is 0.467. The Labute approximate surface area is 76.6 Å². The molecule has 1 N–H and O–H groups in total. The van der Waals surface area contributed by atoms with E-state index in [1.807, 2.05) is 18.2 Å². The number of rotatable bonds is 2. The maximum atomic E-state index is 9.23. The average molecular weight is 179 g/mol. The summed E-state index contributed by atoms with van der Waals surface area (Å²) < 4.78 is 0. The van der Waals surface area contributed by atoms with Crippen molar-refractivity contribution in [3.05, 3.63) is 29.8 Å². The Kier molecular flexibility index (Phi) is 3.11. The van der Waals surface area contributed by atoms with Gasteiger partial charge in [0.05, 0.1) is 17.0 Å². The molecule has 0 fully saturated rings. The molecule has 0 amide bonds. The van der Waals surface area contributed by atoms with Crippen molar-refractivity contribution < 1.29 is 5.11 Å². The van der Waals surface area contributed by atoms with Gasteiger partial charge >= 0.3 is 0 Å². The number of nitrogens with zero attached hydrogens (tertiary/aromatic N) is 1. The first kappa shape index (κ1) is 9.07. The van der Waals surface area contributed by atoms with Crippen molar-refractivity contribution in [2.24, 2.45) is 4.99 Å². The third-order valence-corrected chi connectivity index (χ3v) is 1.62. The van der Waals surface area contributed by atoms with E-state index in [1.54, 1.807) is 13.0 Å². The van der Waals surface area contributed by atoms with Crippen LogP contribution in [0.2, 0.25) is 0 Å². The number of aliphatic hydroxyl groups is 1. The van der Waals surface area contributed by atoms with Crippen molar-refractivity contribution in [3.63, 3.8) is 0 Å². The maximum absolute atomic E-state index is 9.23. The third-order valence-electron chi connectivity index (χ3n) is 1.53. The Bertz CT molecular complexity index is 316. The van der Waals surface area contributed by atoms with E-state index in [2.05, 4.69) is 22.4 Å². The molecule has 1 aromatic rings. The lowest BCUT2D eigenvalue weighted by atomic mass is 10.1. The van der Waals surface area contributed by atoms with E-state index < -0.39 is 6.10 Å². The Hall–Kier alpha value is -1.02. The summed E-state index contributed by atoms with van der Waals surface area (Å²) in [6.45, 7) is 1.71. The van der Waals surface area contributed by atoms with E-state index in [0.717, 1.165) is 11.3 Å². The van der Waals surface area contributed by atoms with E-state index >= 15 is 0 Å². The van der Waals surface area contributed by atoms with E-state index in [4.69, 9.17) is 0 Å². The fourth-order valence-corrected chi connectivity index (χ4v) is 1.01. The van der Waals surface area contributed by atoms with Crippen LogP contribution in [0, 0.1) is 0 Å². The van der Waals surface area contributed by atoms with E-state index in [9.17, 15) is 5.11 Å². The molecule has 3 heteroatoms. The second kappa shape index (κ2) is 4.12. The highest BCUT2D eigenvalue weighted by molar-refractivity contribution is 7.78. The topological polar surface area (TPSA) is 32.6 Å². The molecule has 0 aliphatic heterocycles. The molecule has 0 bridgehead atoms. The molecule has 0 aromatic heterocycles. The second-order valence-electron chi connectivity index (χ2n) is 2.47. The second-order valence-corrected chi connectivity index (χ2v) is 2.66. The van der Waals surface area contributed by atoms with Crippen LogP contribution in [-0.4, -0.2) is 10.3 Å².